The van der Waals surface area contributed by atoms with Crippen LogP contribution in [-0.4, -0.2) is 25.1 Å². The summed E-state index contributed by atoms with van der Waals surface area (Å²) >= 11 is 0. The van der Waals surface area contributed by atoms with Crippen LogP contribution in [0.5, 0.6) is 0 Å². The maximum absolute atomic E-state index is 4.63. The van der Waals surface area contributed by atoms with Crippen LogP contribution in [0.4, 0.5) is 5.82 Å². The molecule has 1 aromatic heterocycles. The maximum Gasteiger partial charge on any atom is 0.133 e. The van der Waals surface area contributed by atoms with Crippen LogP contribution in [0.1, 0.15) is 45.7 Å². The SMILES string of the molecule is CNC(C)c1cccnc1N1CCC(C(C)(C)C)C1. The third-order valence-corrected chi connectivity index (χ3v) is 4.43. The zero-order valence-electron chi connectivity index (χ0n) is 12.9. The van der Waals surface area contributed by atoms with Crippen LogP contribution < -0.4 is 10.2 Å². The summed E-state index contributed by atoms with van der Waals surface area (Å²) in [6.07, 6.45) is 3.18. The highest BCUT2D eigenvalue weighted by molar-refractivity contribution is 5.49. The highest BCUT2D eigenvalue weighted by Crippen LogP contribution is 2.36. The lowest BCUT2D eigenvalue weighted by molar-refractivity contribution is 0.263. The quantitative estimate of drug-likeness (QED) is 0.905. The van der Waals surface area contributed by atoms with Gasteiger partial charge in [-0.3, -0.25) is 0 Å². The van der Waals surface area contributed by atoms with Crippen LogP contribution in [0.2, 0.25) is 0 Å². The summed E-state index contributed by atoms with van der Waals surface area (Å²) in [5.74, 6) is 1.92. The molecular weight excluding hydrogens is 234 g/mol. The Morgan fingerprint density at radius 3 is 2.74 bits per heavy atom. The molecule has 2 heterocycles. The summed E-state index contributed by atoms with van der Waals surface area (Å²) in [7, 11) is 2.00. The van der Waals surface area contributed by atoms with Crippen molar-refractivity contribution < 1.29 is 0 Å². The summed E-state index contributed by atoms with van der Waals surface area (Å²) in [5, 5.41) is 3.32. The van der Waals surface area contributed by atoms with Gasteiger partial charge in [-0.25, -0.2) is 4.98 Å². The summed E-state index contributed by atoms with van der Waals surface area (Å²) in [6, 6.07) is 4.56. The number of pyridine rings is 1. The predicted molar refractivity (Wildman–Crippen MR) is 81.5 cm³/mol. The van der Waals surface area contributed by atoms with E-state index in [0.717, 1.165) is 24.8 Å². The molecule has 1 saturated heterocycles. The Balaban J connectivity index is 2.20. The third-order valence-electron chi connectivity index (χ3n) is 4.43. The van der Waals surface area contributed by atoms with Gasteiger partial charge in [0.1, 0.15) is 5.82 Å². The van der Waals surface area contributed by atoms with Gasteiger partial charge in [-0.05, 0) is 37.8 Å². The van der Waals surface area contributed by atoms with E-state index >= 15 is 0 Å². The number of hydrogen-bond donors (Lipinski definition) is 1. The molecular formula is C16H27N3. The van der Waals surface area contributed by atoms with Gasteiger partial charge in [0.15, 0.2) is 0 Å². The normalized spacial score (nSPS) is 21.7. The van der Waals surface area contributed by atoms with E-state index in [9.17, 15) is 0 Å². The maximum atomic E-state index is 4.63. The second-order valence-electron chi connectivity index (χ2n) is 6.72. The fourth-order valence-electron chi connectivity index (χ4n) is 2.83. The summed E-state index contributed by atoms with van der Waals surface area (Å²) in [5.41, 5.74) is 1.69. The second kappa shape index (κ2) is 5.49. The lowest BCUT2D eigenvalue weighted by atomic mass is 9.80. The molecule has 0 aromatic carbocycles. The molecule has 19 heavy (non-hydrogen) atoms. The minimum Gasteiger partial charge on any atom is -0.356 e. The number of rotatable bonds is 3. The van der Waals surface area contributed by atoms with Crippen molar-refractivity contribution >= 4 is 5.82 Å². The standard InChI is InChI=1S/C16H27N3/c1-12(17-5)14-7-6-9-18-15(14)19-10-8-13(11-19)16(2,3)4/h6-7,9,12-13,17H,8,10-11H2,1-5H3. The van der Waals surface area contributed by atoms with Crippen molar-refractivity contribution in [3.63, 3.8) is 0 Å². The zero-order chi connectivity index (χ0) is 14.0. The van der Waals surface area contributed by atoms with Crippen LogP contribution in [-0.2, 0) is 0 Å². The van der Waals surface area contributed by atoms with Crippen molar-refractivity contribution in [3.8, 4) is 0 Å². The van der Waals surface area contributed by atoms with Crippen LogP contribution >= 0.6 is 0 Å². The average Bonchev–Trinajstić information content (AvgIpc) is 2.87. The van der Waals surface area contributed by atoms with Gasteiger partial charge in [0.25, 0.3) is 0 Å². The van der Waals surface area contributed by atoms with E-state index in [-0.39, 0.29) is 0 Å². The summed E-state index contributed by atoms with van der Waals surface area (Å²) in [6.45, 7) is 11.5. The number of nitrogens with one attached hydrogen (secondary N) is 1. The van der Waals surface area contributed by atoms with Gasteiger partial charge >= 0.3 is 0 Å². The minimum absolute atomic E-state index is 0.345. The largest absolute Gasteiger partial charge is 0.356 e. The fraction of sp³-hybridized carbons (Fsp3) is 0.688. The molecule has 1 aliphatic rings. The minimum atomic E-state index is 0.345. The van der Waals surface area contributed by atoms with Crippen molar-refractivity contribution in [3.05, 3.63) is 23.9 Å². The molecule has 2 rings (SSSR count). The zero-order valence-corrected chi connectivity index (χ0v) is 12.9. The van der Waals surface area contributed by atoms with Crippen molar-refractivity contribution in [1.82, 2.24) is 10.3 Å². The molecule has 0 saturated carbocycles. The van der Waals surface area contributed by atoms with Gasteiger partial charge in [-0.1, -0.05) is 26.8 Å². The molecule has 0 aliphatic carbocycles. The molecule has 1 fully saturated rings. The fourth-order valence-corrected chi connectivity index (χ4v) is 2.83. The lowest BCUT2D eigenvalue weighted by Gasteiger charge is -2.28. The Labute approximate surface area is 117 Å². The van der Waals surface area contributed by atoms with Crippen LogP contribution in [0.15, 0.2) is 18.3 Å². The molecule has 106 valence electrons. The van der Waals surface area contributed by atoms with Crippen molar-refractivity contribution in [2.45, 2.75) is 40.2 Å². The van der Waals surface area contributed by atoms with Crippen molar-refractivity contribution in [2.75, 3.05) is 25.0 Å². The molecule has 2 unspecified atom stereocenters. The first-order chi connectivity index (χ1) is 8.93. The van der Waals surface area contributed by atoms with Gasteiger partial charge in [-0.15, -0.1) is 0 Å². The van der Waals surface area contributed by atoms with Crippen molar-refractivity contribution in [1.29, 1.82) is 0 Å². The van der Waals surface area contributed by atoms with Gasteiger partial charge in [0.05, 0.1) is 0 Å². The molecule has 2 atom stereocenters. The first-order valence-electron chi connectivity index (χ1n) is 7.30. The molecule has 0 spiro atoms. The van der Waals surface area contributed by atoms with E-state index in [2.05, 4.69) is 49.0 Å². The third kappa shape index (κ3) is 3.08. The average molecular weight is 261 g/mol. The summed E-state index contributed by atoms with van der Waals surface area (Å²) in [4.78, 5) is 7.09. The lowest BCUT2D eigenvalue weighted by Crippen LogP contribution is -2.28. The van der Waals surface area contributed by atoms with Crippen LogP contribution in [0.3, 0.4) is 0 Å². The van der Waals surface area contributed by atoms with E-state index in [1.165, 1.54) is 12.0 Å². The molecule has 0 amide bonds. The van der Waals surface area contributed by atoms with Gasteiger partial charge in [0.2, 0.25) is 0 Å². The predicted octanol–water partition coefficient (Wildman–Crippen LogP) is 3.23. The molecule has 3 nitrogen and oxygen atoms in total. The van der Waals surface area contributed by atoms with E-state index in [4.69, 9.17) is 0 Å². The first-order valence-corrected chi connectivity index (χ1v) is 7.30. The van der Waals surface area contributed by atoms with Crippen LogP contribution in [0, 0.1) is 11.3 Å². The molecule has 1 aliphatic heterocycles. The Bertz CT molecular complexity index is 422. The van der Waals surface area contributed by atoms with Gasteiger partial charge in [0, 0.05) is 30.9 Å². The number of anilines is 1. The molecule has 0 bridgehead atoms. The van der Waals surface area contributed by atoms with E-state index in [1.807, 2.05) is 19.3 Å². The molecule has 1 N–H and O–H groups in total. The number of nitrogens with zero attached hydrogens (tertiary/aromatic N) is 2. The monoisotopic (exact) mass is 261 g/mol. The van der Waals surface area contributed by atoms with Crippen LogP contribution in [0.25, 0.3) is 0 Å². The number of aromatic nitrogens is 1. The highest BCUT2D eigenvalue weighted by Gasteiger charge is 2.33. The Kier molecular flexibility index (Phi) is 4.14. The molecule has 1 aromatic rings. The van der Waals surface area contributed by atoms with Gasteiger partial charge in [-0.2, -0.15) is 0 Å². The van der Waals surface area contributed by atoms with E-state index < -0.39 is 0 Å². The molecule has 3 heteroatoms. The van der Waals surface area contributed by atoms with Crippen molar-refractivity contribution in [2.24, 2.45) is 11.3 Å². The Morgan fingerprint density at radius 2 is 2.16 bits per heavy atom. The van der Waals surface area contributed by atoms with Gasteiger partial charge < -0.3 is 10.2 Å². The Hall–Kier alpha value is -1.09. The van der Waals surface area contributed by atoms with E-state index in [1.54, 1.807) is 0 Å². The smallest absolute Gasteiger partial charge is 0.133 e. The topological polar surface area (TPSA) is 28.2 Å². The highest BCUT2D eigenvalue weighted by atomic mass is 15.2. The summed E-state index contributed by atoms with van der Waals surface area (Å²) < 4.78 is 0. The number of hydrogen-bond acceptors (Lipinski definition) is 3. The Morgan fingerprint density at radius 1 is 1.42 bits per heavy atom. The first kappa shape index (κ1) is 14.3. The second-order valence-corrected chi connectivity index (χ2v) is 6.72. The van der Waals surface area contributed by atoms with E-state index in [0.29, 0.717) is 11.5 Å². The molecule has 0 radical (unpaired) electrons.